The number of methoxy groups -OCH3 is 2. The van der Waals surface area contributed by atoms with Gasteiger partial charge >= 0.3 is 0 Å². The van der Waals surface area contributed by atoms with Gasteiger partial charge < -0.3 is 24.6 Å². The average molecular weight is 396 g/mol. The number of aromatic amines is 1. The first kappa shape index (κ1) is 21.3. The third-order valence-electron chi connectivity index (χ3n) is 4.55. The van der Waals surface area contributed by atoms with Gasteiger partial charge in [-0.15, -0.1) is 0 Å². The van der Waals surface area contributed by atoms with Crippen LogP contribution in [-0.2, 0) is 9.53 Å². The van der Waals surface area contributed by atoms with Crippen molar-refractivity contribution in [3.05, 3.63) is 33.7 Å². The lowest BCUT2D eigenvalue weighted by Crippen LogP contribution is -2.29. The number of hydrogen-bond acceptors (Lipinski definition) is 6. The lowest BCUT2D eigenvalue weighted by atomic mass is 9.96. The Hall–Kier alpha value is -1.96. The molecule has 2 fully saturated rings. The lowest BCUT2D eigenvalue weighted by molar-refractivity contribution is -0.110. The largest absolute Gasteiger partial charge is 0.497 e. The number of carbonyl (C=O) groups is 1. The fraction of sp³-hybridized carbons (Fsp3) is 0.526. The molecule has 1 saturated carbocycles. The second-order valence-electron chi connectivity index (χ2n) is 6.55. The molecule has 0 amide bonds. The molecule has 2 heterocycles. The predicted octanol–water partition coefficient (Wildman–Crippen LogP) is 2.42. The van der Waals surface area contributed by atoms with Crippen LogP contribution < -0.4 is 15.6 Å². The predicted molar refractivity (Wildman–Crippen MR) is 106 cm³/mol. The number of H-pyrrole nitrogens is 1. The summed E-state index contributed by atoms with van der Waals surface area (Å²) in [6.07, 6.45) is 5.01. The maximum absolute atomic E-state index is 11.1. The molecular formula is C19H26ClN3O4. The summed E-state index contributed by atoms with van der Waals surface area (Å²) in [4.78, 5) is 28.1. The summed E-state index contributed by atoms with van der Waals surface area (Å²) in [5, 5.41) is 3.16. The van der Waals surface area contributed by atoms with Crippen LogP contribution in [0.15, 0.2) is 23.0 Å². The highest BCUT2D eigenvalue weighted by Gasteiger charge is 2.38. The maximum atomic E-state index is 11.1. The Labute approximate surface area is 163 Å². The van der Waals surface area contributed by atoms with Gasteiger partial charge in [0.05, 0.1) is 24.2 Å². The van der Waals surface area contributed by atoms with E-state index in [0.29, 0.717) is 22.7 Å². The maximum Gasteiger partial charge on any atom is 0.286 e. The third-order valence-corrected chi connectivity index (χ3v) is 4.81. The van der Waals surface area contributed by atoms with E-state index >= 15 is 0 Å². The molecule has 1 aliphatic carbocycles. The molecule has 1 saturated heterocycles. The van der Waals surface area contributed by atoms with E-state index in [1.165, 1.54) is 19.3 Å². The summed E-state index contributed by atoms with van der Waals surface area (Å²) in [5.74, 6) is 2.22. The number of aldehydes is 1. The standard InChI is InChI=1S/C9H7ClN2O2.C8H13NO.C2H6O/c1-14-5-2-3-6-7(4-5)12-9(13)8(10)11-6;10-5-8-7(3-4-9-8)6-1-2-6;1-3-2/h2-4H,1H3,(H,12,13);5-9H,1-4H2;1-2H3. The molecule has 8 heteroatoms. The molecule has 1 aromatic heterocycles. The summed E-state index contributed by atoms with van der Waals surface area (Å²) in [6.45, 7) is 1.05. The summed E-state index contributed by atoms with van der Waals surface area (Å²) in [5.41, 5.74) is 0.849. The van der Waals surface area contributed by atoms with Gasteiger partial charge in [0, 0.05) is 20.3 Å². The van der Waals surface area contributed by atoms with Crippen molar-refractivity contribution >= 4 is 28.9 Å². The van der Waals surface area contributed by atoms with Crippen LogP contribution in [0.3, 0.4) is 0 Å². The van der Waals surface area contributed by atoms with Crippen molar-refractivity contribution in [3.63, 3.8) is 0 Å². The smallest absolute Gasteiger partial charge is 0.286 e. The molecule has 2 aliphatic rings. The summed E-state index contributed by atoms with van der Waals surface area (Å²) < 4.78 is 9.26. The van der Waals surface area contributed by atoms with Crippen molar-refractivity contribution < 1.29 is 14.3 Å². The molecule has 2 N–H and O–H groups in total. The first-order valence-electron chi connectivity index (χ1n) is 8.86. The number of aromatic nitrogens is 2. The molecule has 0 spiro atoms. The second-order valence-corrected chi connectivity index (χ2v) is 6.91. The number of nitrogens with one attached hydrogen (secondary N) is 2. The lowest BCUT2D eigenvalue weighted by Gasteiger charge is -2.11. The van der Waals surface area contributed by atoms with Gasteiger partial charge in [-0.2, -0.15) is 0 Å². The molecule has 7 nitrogen and oxygen atoms in total. The minimum atomic E-state index is -0.396. The van der Waals surface area contributed by atoms with Crippen LogP contribution in [0.1, 0.15) is 19.3 Å². The van der Waals surface area contributed by atoms with E-state index in [0.717, 1.165) is 18.7 Å². The number of halogens is 1. The highest BCUT2D eigenvalue weighted by Crippen LogP contribution is 2.41. The molecule has 2 unspecified atom stereocenters. The minimum absolute atomic E-state index is 0.0531. The molecule has 0 radical (unpaired) electrons. The number of fused-ring (bicyclic) bond motifs is 1. The number of ether oxygens (including phenoxy) is 2. The SMILES string of the molecule is COC.COc1ccc2nc(Cl)c(=O)[nH]c2c1.O=CC1NCCC1C1CC1. The quantitative estimate of drug-likeness (QED) is 0.775. The fourth-order valence-electron chi connectivity index (χ4n) is 3.12. The monoisotopic (exact) mass is 395 g/mol. The van der Waals surface area contributed by atoms with Crippen LogP contribution in [0.25, 0.3) is 11.0 Å². The highest BCUT2D eigenvalue weighted by molar-refractivity contribution is 6.29. The van der Waals surface area contributed by atoms with Crippen LogP contribution in [-0.4, -0.2) is 50.2 Å². The Morgan fingerprint density at radius 1 is 1.22 bits per heavy atom. The molecule has 148 valence electrons. The van der Waals surface area contributed by atoms with Crippen LogP contribution in [0, 0.1) is 11.8 Å². The van der Waals surface area contributed by atoms with Crippen molar-refractivity contribution in [2.45, 2.75) is 25.3 Å². The van der Waals surface area contributed by atoms with Crippen molar-refractivity contribution in [2.24, 2.45) is 11.8 Å². The zero-order valence-electron chi connectivity index (χ0n) is 15.8. The van der Waals surface area contributed by atoms with Gasteiger partial charge in [0.1, 0.15) is 12.0 Å². The molecule has 4 rings (SSSR count). The topological polar surface area (TPSA) is 93.3 Å². The Bertz CT molecular complexity index is 807. The van der Waals surface area contributed by atoms with Crippen molar-refractivity contribution in [2.75, 3.05) is 27.9 Å². The molecule has 1 aromatic carbocycles. The van der Waals surface area contributed by atoms with Crippen LogP contribution in [0.2, 0.25) is 5.15 Å². The highest BCUT2D eigenvalue weighted by atomic mass is 35.5. The molecule has 27 heavy (non-hydrogen) atoms. The summed E-state index contributed by atoms with van der Waals surface area (Å²) in [6, 6.07) is 5.37. The van der Waals surface area contributed by atoms with E-state index in [-0.39, 0.29) is 11.2 Å². The van der Waals surface area contributed by atoms with Gasteiger partial charge in [-0.3, -0.25) is 4.79 Å². The number of rotatable bonds is 3. The number of carbonyl (C=O) groups excluding carboxylic acids is 1. The Morgan fingerprint density at radius 3 is 2.52 bits per heavy atom. The Kier molecular flexibility index (Phi) is 8.22. The molecule has 1 aliphatic heterocycles. The zero-order valence-corrected chi connectivity index (χ0v) is 16.6. The average Bonchev–Trinajstić information content (AvgIpc) is 3.40. The van der Waals surface area contributed by atoms with Gasteiger partial charge in [0.15, 0.2) is 5.15 Å². The van der Waals surface area contributed by atoms with Gasteiger partial charge in [-0.1, -0.05) is 11.6 Å². The molecule has 2 aromatic rings. The van der Waals surface area contributed by atoms with E-state index in [2.05, 4.69) is 20.0 Å². The minimum Gasteiger partial charge on any atom is -0.497 e. The van der Waals surface area contributed by atoms with Crippen LogP contribution in [0.4, 0.5) is 0 Å². The van der Waals surface area contributed by atoms with Crippen molar-refractivity contribution in [1.82, 2.24) is 15.3 Å². The van der Waals surface area contributed by atoms with E-state index in [1.54, 1.807) is 39.5 Å². The normalized spacial score (nSPS) is 20.9. The second kappa shape index (κ2) is 10.4. The van der Waals surface area contributed by atoms with Gasteiger partial charge in [-0.25, -0.2) is 4.98 Å². The third kappa shape index (κ3) is 6.02. The van der Waals surface area contributed by atoms with Crippen molar-refractivity contribution in [1.29, 1.82) is 0 Å². The van der Waals surface area contributed by atoms with E-state index in [1.807, 2.05) is 0 Å². The van der Waals surface area contributed by atoms with Gasteiger partial charge in [-0.05, 0) is 49.8 Å². The Morgan fingerprint density at radius 2 is 1.93 bits per heavy atom. The Balaban J connectivity index is 0.000000176. The number of hydrogen-bond donors (Lipinski definition) is 2. The molecular weight excluding hydrogens is 370 g/mol. The van der Waals surface area contributed by atoms with Gasteiger partial charge in [0.2, 0.25) is 0 Å². The van der Waals surface area contributed by atoms with Gasteiger partial charge in [0.25, 0.3) is 5.56 Å². The summed E-state index contributed by atoms with van der Waals surface area (Å²) >= 11 is 5.58. The molecule has 2 atom stereocenters. The van der Waals surface area contributed by atoms with Crippen molar-refractivity contribution in [3.8, 4) is 5.75 Å². The number of benzene rings is 1. The number of nitrogens with zero attached hydrogens (tertiary/aromatic N) is 1. The molecule has 0 bridgehead atoms. The van der Waals surface area contributed by atoms with E-state index in [4.69, 9.17) is 16.3 Å². The van der Waals surface area contributed by atoms with E-state index in [9.17, 15) is 9.59 Å². The first-order chi connectivity index (χ1) is 13.0. The van der Waals surface area contributed by atoms with E-state index < -0.39 is 5.56 Å². The first-order valence-corrected chi connectivity index (χ1v) is 9.24. The summed E-state index contributed by atoms with van der Waals surface area (Å²) in [7, 11) is 4.81. The van der Waals surface area contributed by atoms with Crippen LogP contribution in [0.5, 0.6) is 5.75 Å². The van der Waals surface area contributed by atoms with Crippen LogP contribution >= 0.6 is 11.6 Å². The fourth-order valence-corrected chi connectivity index (χ4v) is 3.26. The zero-order chi connectivity index (χ0) is 19.8.